The lowest BCUT2D eigenvalue weighted by Gasteiger charge is -2.01. The van der Waals surface area contributed by atoms with Gasteiger partial charge in [0, 0.05) is 0 Å². The lowest BCUT2D eigenvalue weighted by atomic mass is 10.1. The topological polar surface area (TPSA) is 66.9 Å². The van der Waals surface area contributed by atoms with Crippen molar-refractivity contribution in [1.29, 1.82) is 5.26 Å². The van der Waals surface area contributed by atoms with E-state index in [1.165, 1.54) is 6.07 Å². The highest BCUT2D eigenvalue weighted by Crippen LogP contribution is 2.16. The Bertz CT molecular complexity index is 411. The zero-order chi connectivity index (χ0) is 10.0. The van der Waals surface area contributed by atoms with E-state index in [4.69, 9.17) is 10.4 Å². The average Bonchev–Trinajstić information content (AvgIpc) is 2.03. The third-order valence-corrected chi connectivity index (χ3v) is 2.36. The fourth-order valence-corrected chi connectivity index (χ4v) is 1.41. The van der Waals surface area contributed by atoms with Gasteiger partial charge in [-0.3, -0.25) is 0 Å². The summed E-state index contributed by atoms with van der Waals surface area (Å²) in [5.41, 5.74) is 0.796. The number of halogens is 1. The zero-order valence-corrected chi connectivity index (χ0v) is 7.69. The lowest BCUT2D eigenvalue weighted by molar-refractivity contribution is 0.594. The van der Waals surface area contributed by atoms with Crippen LogP contribution in [0.25, 0.3) is 0 Å². The van der Waals surface area contributed by atoms with E-state index in [-0.39, 0.29) is 10.5 Å². The Labute approximate surface area is 77.6 Å². The third kappa shape index (κ3) is 1.91. The summed E-state index contributed by atoms with van der Waals surface area (Å²) < 4.78 is 23.8. The minimum atomic E-state index is -1.89. The summed E-state index contributed by atoms with van der Waals surface area (Å²) in [4.78, 5) is -0.137. The second-order valence-electron chi connectivity index (χ2n) is 2.51. The molecule has 0 heterocycles. The van der Waals surface area contributed by atoms with Crippen molar-refractivity contribution in [1.82, 2.24) is 0 Å². The van der Waals surface area contributed by atoms with Crippen molar-refractivity contribution in [3.63, 3.8) is 0 Å². The molecule has 1 atom stereocenters. The van der Waals surface area contributed by atoms with Gasteiger partial charge in [0.1, 0.15) is 16.8 Å². The molecule has 0 aliphatic heterocycles. The van der Waals surface area contributed by atoms with Crippen LogP contribution in [0, 0.1) is 24.1 Å². The van der Waals surface area contributed by atoms with E-state index in [0.717, 1.165) is 6.07 Å². The highest BCUT2D eigenvalue weighted by molar-refractivity contribution is 7.82. The molecule has 0 aliphatic carbocycles. The summed E-state index contributed by atoms with van der Waals surface area (Å²) in [7, 11) is -1.89. The maximum absolute atomic E-state index is 13.0. The Hall–Kier alpha value is -1.25. The molecule has 1 rings (SSSR count). The van der Waals surface area contributed by atoms with Gasteiger partial charge in [-0.15, -0.1) is 0 Å². The summed E-state index contributed by atoms with van der Waals surface area (Å²) >= 11 is 0. The SMILES string of the molecule is Cc1cc(F)c(S(N)=O)cc1C#N. The van der Waals surface area contributed by atoms with Crippen molar-refractivity contribution in [2.45, 2.75) is 11.8 Å². The van der Waals surface area contributed by atoms with Crippen LogP contribution in [0.2, 0.25) is 0 Å². The molecular weight excluding hydrogens is 191 g/mol. The number of benzene rings is 1. The number of rotatable bonds is 1. The van der Waals surface area contributed by atoms with Crippen LogP contribution in [0.3, 0.4) is 0 Å². The van der Waals surface area contributed by atoms with Gasteiger partial charge in [0.05, 0.1) is 16.5 Å². The van der Waals surface area contributed by atoms with Crippen LogP contribution >= 0.6 is 0 Å². The number of hydrogen-bond donors (Lipinski definition) is 1. The molecule has 0 saturated carbocycles. The minimum absolute atomic E-state index is 0.137. The zero-order valence-electron chi connectivity index (χ0n) is 6.87. The first-order valence-corrected chi connectivity index (χ1v) is 4.64. The first-order chi connectivity index (χ1) is 6.06. The molecular formula is C8H7FN2OS. The molecule has 1 aromatic rings. The summed E-state index contributed by atoms with van der Waals surface area (Å²) in [5.74, 6) is -0.641. The second kappa shape index (κ2) is 3.64. The van der Waals surface area contributed by atoms with Gasteiger partial charge in [0.2, 0.25) is 0 Å². The minimum Gasteiger partial charge on any atom is -0.247 e. The predicted octanol–water partition coefficient (Wildman–Crippen LogP) is 0.987. The maximum Gasteiger partial charge on any atom is 0.141 e. The van der Waals surface area contributed by atoms with Crippen molar-refractivity contribution in [2.75, 3.05) is 0 Å². The molecule has 2 N–H and O–H groups in total. The van der Waals surface area contributed by atoms with Crippen LogP contribution in [0.4, 0.5) is 4.39 Å². The van der Waals surface area contributed by atoms with Gasteiger partial charge in [0.25, 0.3) is 0 Å². The molecule has 3 nitrogen and oxygen atoms in total. The number of aryl methyl sites for hydroxylation is 1. The molecule has 68 valence electrons. The molecule has 1 aromatic carbocycles. The van der Waals surface area contributed by atoms with Crippen molar-refractivity contribution < 1.29 is 8.60 Å². The van der Waals surface area contributed by atoms with Crippen LogP contribution < -0.4 is 5.14 Å². The van der Waals surface area contributed by atoms with Gasteiger partial charge in [-0.1, -0.05) is 0 Å². The monoisotopic (exact) mass is 198 g/mol. The number of hydrogen-bond acceptors (Lipinski definition) is 2. The fraction of sp³-hybridized carbons (Fsp3) is 0.125. The normalized spacial score (nSPS) is 12.2. The summed E-state index contributed by atoms with van der Waals surface area (Å²) in [6, 6.07) is 4.22. The lowest BCUT2D eigenvalue weighted by Crippen LogP contribution is -2.06. The predicted molar refractivity (Wildman–Crippen MR) is 46.4 cm³/mol. The Morgan fingerprint density at radius 3 is 2.69 bits per heavy atom. The molecule has 0 saturated heterocycles. The smallest absolute Gasteiger partial charge is 0.141 e. The maximum atomic E-state index is 13.0. The van der Waals surface area contributed by atoms with Crippen molar-refractivity contribution >= 4 is 11.0 Å². The first-order valence-electron chi connectivity index (χ1n) is 3.42. The first kappa shape index (κ1) is 9.84. The van der Waals surface area contributed by atoms with E-state index in [1.807, 2.05) is 6.07 Å². The van der Waals surface area contributed by atoms with Gasteiger partial charge < -0.3 is 0 Å². The Morgan fingerprint density at radius 2 is 2.23 bits per heavy atom. The third-order valence-electron chi connectivity index (χ3n) is 1.62. The van der Waals surface area contributed by atoms with E-state index < -0.39 is 16.8 Å². The van der Waals surface area contributed by atoms with Gasteiger partial charge in [-0.05, 0) is 24.6 Å². The van der Waals surface area contributed by atoms with Gasteiger partial charge in [0.15, 0.2) is 0 Å². The fourth-order valence-electron chi connectivity index (χ4n) is 0.927. The molecule has 5 heteroatoms. The van der Waals surface area contributed by atoms with Crippen molar-refractivity contribution in [3.05, 3.63) is 29.1 Å². The molecule has 0 amide bonds. The summed E-state index contributed by atoms with van der Waals surface area (Å²) in [6.45, 7) is 1.60. The number of nitrogens with two attached hydrogens (primary N) is 1. The Balaban J connectivity index is 3.41. The molecule has 0 aliphatic rings. The highest BCUT2D eigenvalue weighted by Gasteiger charge is 2.09. The van der Waals surface area contributed by atoms with E-state index in [1.54, 1.807) is 6.92 Å². The molecule has 0 spiro atoms. The van der Waals surface area contributed by atoms with Gasteiger partial charge in [-0.25, -0.2) is 13.7 Å². The Kier molecular flexibility index (Phi) is 2.76. The van der Waals surface area contributed by atoms with Crippen molar-refractivity contribution in [3.8, 4) is 6.07 Å². The highest BCUT2D eigenvalue weighted by atomic mass is 32.2. The van der Waals surface area contributed by atoms with Gasteiger partial charge >= 0.3 is 0 Å². The summed E-state index contributed by atoms with van der Waals surface area (Å²) in [6.07, 6.45) is 0. The standard InChI is InChI=1S/C8H7FN2OS/c1-5-2-7(9)8(13(11)12)3-6(5)4-10/h2-3H,11H2,1H3. The van der Waals surface area contributed by atoms with Gasteiger partial charge in [-0.2, -0.15) is 5.26 Å². The quantitative estimate of drug-likeness (QED) is 0.731. The van der Waals surface area contributed by atoms with E-state index >= 15 is 0 Å². The largest absolute Gasteiger partial charge is 0.247 e. The molecule has 13 heavy (non-hydrogen) atoms. The van der Waals surface area contributed by atoms with Crippen LogP contribution in [-0.4, -0.2) is 4.21 Å². The molecule has 0 fully saturated rings. The van der Waals surface area contributed by atoms with Crippen LogP contribution in [0.5, 0.6) is 0 Å². The number of nitriles is 1. The van der Waals surface area contributed by atoms with Crippen LogP contribution in [0.1, 0.15) is 11.1 Å². The molecule has 0 aromatic heterocycles. The number of nitrogens with zero attached hydrogens (tertiary/aromatic N) is 1. The van der Waals surface area contributed by atoms with Crippen LogP contribution in [-0.2, 0) is 11.0 Å². The molecule has 0 radical (unpaired) electrons. The molecule has 0 bridgehead atoms. The van der Waals surface area contributed by atoms with E-state index in [2.05, 4.69) is 0 Å². The molecule has 1 unspecified atom stereocenters. The van der Waals surface area contributed by atoms with E-state index in [0.29, 0.717) is 5.56 Å². The Morgan fingerprint density at radius 1 is 1.62 bits per heavy atom. The van der Waals surface area contributed by atoms with Crippen molar-refractivity contribution in [2.24, 2.45) is 5.14 Å². The average molecular weight is 198 g/mol. The summed E-state index contributed by atoms with van der Waals surface area (Å²) in [5, 5.41) is 13.6. The van der Waals surface area contributed by atoms with Crippen LogP contribution in [0.15, 0.2) is 17.0 Å². The van der Waals surface area contributed by atoms with E-state index in [9.17, 15) is 8.60 Å². The second-order valence-corrected chi connectivity index (χ2v) is 3.54.